The number of benzene rings is 1. The van der Waals surface area contributed by atoms with E-state index in [-0.39, 0.29) is 5.88 Å². The average molecular weight is 285 g/mol. The molecule has 0 amide bonds. The minimum atomic E-state index is -1.34. The quantitative estimate of drug-likeness (QED) is 0.813. The van der Waals surface area contributed by atoms with Crippen molar-refractivity contribution in [2.24, 2.45) is 0 Å². The third-order valence-corrected chi connectivity index (χ3v) is 3.27. The lowest BCUT2D eigenvalue weighted by Gasteiger charge is -2.07. The second-order valence-electron chi connectivity index (χ2n) is 4.93. The number of aromatic nitrogens is 1. The van der Waals surface area contributed by atoms with Crippen molar-refractivity contribution in [1.29, 1.82) is 0 Å². The van der Waals surface area contributed by atoms with Gasteiger partial charge in [-0.05, 0) is 30.0 Å². The number of rotatable bonds is 6. The van der Waals surface area contributed by atoms with E-state index in [2.05, 4.69) is 36.2 Å². The Labute approximate surface area is 124 Å². The predicted molar refractivity (Wildman–Crippen MR) is 80.7 cm³/mol. The molecule has 0 fully saturated rings. The summed E-state index contributed by atoms with van der Waals surface area (Å²) in [4.78, 5) is 14.6. The highest BCUT2D eigenvalue weighted by atomic mass is 16.7. The van der Waals surface area contributed by atoms with E-state index >= 15 is 0 Å². The lowest BCUT2D eigenvalue weighted by Crippen LogP contribution is -2.07. The van der Waals surface area contributed by atoms with Gasteiger partial charge in [0.1, 0.15) is 0 Å². The molecule has 0 bridgehead atoms. The van der Waals surface area contributed by atoms with Gasteiger partial charge in [-0.15, -0.1) is 0 Å². The van der Waals surface area contributed by atoms with Gasteiger partial charge in [0.05, 0.1) is 0 Å². The number of ether oxygens (including phenoxy) is 1. The van der Waals surface area contributed by atoms with Crippen molar-refractivity contribution in [1.82, 2.24) is 4.98 Å². The third-order valence-electron chi connectivity index (χ3n) is 3.27. The molecule has 2 aromatic rings. The molecule has 1 N–H and O–H groups in total. The van der Waals surface area contributed by atoms with Crippen molar-refractivity contribution in [2.75, 3.05) is 0 Å². The number of carbonyl (C=O) groups is 1. The third kappa shape index (κ3) is 4.60. The van der Waals surface area contributed by atoms with Crippen LogP contribution in [0.4, 0.5) is 4.79 Å². The zero-order chi connectivity index (χ0) is 15.1. The van der Waals surface area contributed by atoms with E-state index < -0.39 is 6.16 Å². The highest BCUT2D eigenvalue weighted by Gasteiger charge is 2.09. The van der Waals surface area contributed by atoms with Gasteiger partial charge in [0.15, 0.2) is 0 Å². The largest absolute Gasteiger partial charge is 0.512 e. The summed E-state index contributed by atoms with van der Waals surface area (Å²) in [6, 6.07) is 12.0. The van der Waals surface area contributed by atoms with Crippen LogP contribution in [0.3, 0.4) is 0 Å². The number of hydrogen-bond acceptors (Lipinski definition) is 3. The molecule has 1 aromatic carbocycles. The molecule has 0 saturated carbocycles. The van der Waals surface area contributed by atoms with Crippen molar-refractivity contribution in [2.45, 2.75) is 32.6 Å². The Kier molecular flexibility index (Phi) is 5.32. The zero-order valence-electron chi connectivity index (χ0n) is 12.1. The first kappa shape index (κ1) is 15.0. The Morgan fingerprint density at radius 2 is 1.90 bits per heavy atom. The number of aryl methyl sites for hydroxylation is 1. The number of pyridine rings is 1. The summed E-state index contributed by atoms with van der Waals surface area (Å²) >= 11 is 0. The van der Waals surface area contributed by atoms with Crippen molar-refractivity contribution >= 4 is 6.16 Å². The fraction of sp³-hybridized carbons (Fsp3) is 0.294. The Balaban J connectivity index is 2.09. The Morgan fingerprint density at radius 1 is 1.19 bits per heavy atom. The van der Waals surface area contributed by atoms with E-state index in [9.17, 15) is 4.79 Å². The molecule has 0 unspecified atom stereocenters. The first-order valence-electron chi connectivity index (χ1n) is 7.11. The smallest absolute Gasteiger partial charge is 0.449 e. The molecule has 0 saturated heterocycles. The molecule has 0 aliphatic heterocycles. The van der Waals surface area contributed by atoms with Crippen LogP contribution in [-0.4, -0.2) is 16.2 Å². The molecule has 0 aliphatic rings. The van der Waals surface area contributed by atoms with Gasteiger partial charge in [-0.3, -0.25) is 0 Å². The van der Waals surface area contributed by atoms with Gasteiger partial charge >= 0.3 is 6.16 Å². The van der Waals surface area contributed by atoms with Gasteiger partial charge in [-0.25, -0.2) is 9.78 Å². The summed E-state index contributed by atoms with van der Waals surface area (Å²) in [5.74, 6) is 0.153. The van der Waals surface area contributed by atoms with Crippen LogP contribution < -0.4 is 4.74 Å². The van der Waals surface area contributed by atoms with Crippen LogP contribution in [0.1, 0.15) is 36.5 Å². The fourth-order valence-corrected chi connectivity index (χ4v) is 2.16. The summed E-state index contributed by atoms with van der Waals surface area (Å²) in [5, 5.41) is 8.71. The van der Waals surface area contributed by atoms with E-state index in [1.165, 1.54) is 24.6 Å². The second kappa shape index (κ2) is 7.43. The van der Waals surface area contributed by atoms with Gasteiger partial charge < -0.3 is 9.84 Å². The standard InChI is InChI=1S/C17H19NO3/c1-2-3-5-13-7-9-14(10-8-13)12-15-6-4-11-18-16(15)21-17(19)20/h4,6-11H,2-3,5,12H2,1H3,(H,19,20). The summed E-state index contributed by atoms with van der Waals surface area (Å²) in [5.41, 5.74) is 3.20. The summed E-state index contributed by atoms with van der Waals surface area (Å²) in [6.45, 7) is 2.18. The van der Waals surface area contributed by atoms with Crippen LogP contribution in [0.25, 0.3) is 0 Å². The molecule has 1 aromatic heterocycles. The highest BCUT2D eigenvalue weighted by Crippen LogP contribution is 2.19. The monoisotopic (exact) mass is 285 g/mol. The summed E-state index contributed by atoms with van der Waals surface area (Å²) in [7, 11) is 0. The van der Waals surface area contributed by atoms with Gasteiger partial charge in [0.25, 0.3) is 0 Å². The number of nitrogens with zero attached hydrogens (tertiary/aromatic N) is 1. The van der Waals surface area contributed by atoms with Crippen LogP contribution >= 0.6 is 0 Å². The minimum absolute atomic E-state index is 0.153. The maximum atomic E-state index is 10.7. The molecule has 0 radical (unpaired) electrons. The maximum absolute atomic E-state index is 10.7. The predicted octanol–water partition coefficient (Wildman–Crippen LogP) is 4.07. The van der Waals surface area contributed by atoms with E-state index in [0.29, 0.717) is 6.42 Å². The first-order chi connectivity index (χ1) is 10.2. The Hall–Kier alpha value is -2.36. The Bertz CT molecular complexity index is 593. The maximum Gasteiger partial charge on any atom is 0.512 e. The van der Waals surface area contributed by atoms with E-state index in [4.69, 9.17) is 9.84 Å². The van der Waals surface area contributed by atoms with Gasteiger partial charge in [-0.2, -0.15) is 0 Å². The van der Waals surface area contributed by atoms with Crippen molar-refractivity contribution in [3.8, 4) is 5.88 Å². The molecule has 0 aliphatic carbocycles. The molecule has 21 heavy (non-hydrogen) atoms. The van der Waals surface area contributed by atoms with Crippen LogP contribution in [0.2, 0.25) is 0 Å². The van der Waals surface area contributed by atoms with E-state index in [1.54, 1.807) is 6.07 Å². The lowest BCUT2D eigenvalue weighted by atomic mass is 10.0. The van der Waals surface area contributed by atoms with Gasteiger partial charge in [0, 0.05) is 18.2 Å². The molecule has 2 rings (SSSR count). The fourth-order valence-electron chi connectivity index (χ4n) is 2.16. The molecular weight excluding hydrogens is 266 g/mol. The molecule has 4 nitrogen and oxygen atoms in total. The number of carboxylic acid groups (broad SMARTS) is 1. The van der Waals surface area contributed by atoms with Crippen molar-refractivity contribution in [3.05, 3.63) is 59.3 Å². The normalized spacial score (nSPS) is 10.3. The van der Waals surface area contributed by atoms with Crippen LogP contribution in [0, 0.1) is 0 Å². The van der Waals surface area contributed by atoms with Gasteiger partial charge in [-0.1, -0.05) is 43.7 Å². The van der Waals surface area contributed by atoms with Crippen molar-refractivity contribution in [3.63, 3.8) is 0 Å². The number of unbranched alkanes of at least 4 members (excludes halogenated alkanes) is 1. The molecule has 4 heteroatoms. The number of hydrogen-bond donors (Lipinski definition) is 1. The molecule has 0 spiro atoms. The molecule has 1 heterocycles. The zero-order valence-corrected chi connectivity index (χ0v) is 12.1. The van der Waals surface area contributed by atoms with Crippen LogP contribution in [0.5, 0.6) is 5.88 Å². The highest BCUT2D eigenvalue weighted by molar-refractivity contribution is 5.61. The average Bonchev–Trinajstić information content (AvgIpc) is 2.48. The van der Waals surface area contributed by atoms with Crippen LogP contribution in [0.15, 0.2) is 42.6 Å². The molecule has 0 atom stereocenters. The van der Waals surface area contributed by atoms with Crippen molar-refractivity contribution < 1.29 is 14.6 Å². The lowest BCUT2D eigenvalue weighted by molar-refractivity contribution is 0.142. The SMILES string of the molecule is CCCCc1ccc(Cc2cccnc2OC(=O)O)cc1. The van der Waals surface area contributed by atoms with E-state index in [0.717, 1.165) is 17.5 Å². The first-order valence-corrected chi connectivity index (χ1v) is 7.11. The second-order valence-corrected chi connectivity index (χ2v) is 4.93. The van der Waals surface area contributed by atoms with E-state index in [1.807, 2.05) is 6.07 Å². The molecular formula is C17H19NO3. The summed E-state index contributed by atoms with van der Waals surface area (Å²) in [6.07, 6.45) is 4.26. The minimum Gasteiger partial charge on any atom is -0.449 e. The Morgan fingerprint density at radius 3 is 2.57 bits per heavy atom. The van der Waals surface area contributed by atoms with Gasteiger partial charge in [0.2, 0.25) is 5.88 Å². The summed E-state index contributed by atoms with van der Waals surface area (Å²) < 4.78 is 4.70. The van der Waals surface area contributed by atoms with Crippen LogP contribution in [-0.2, 0) is 12.8 Å². The molecule has 110 valence electrons. The topological polar surface area (TPSA) is 59.4 Å².